The average Bonchev–Trinajstić information content (AvgIpc) is 2.44. The molecule has 0 aliphatic carbocycles. The summed E-state index contributed by atoms with van der Waals surface area (Å²) in [5, 5.41) is 8.65. The zero-order valence-corrected chi connectivity index (χ0v) is 11.6. The van der Waals surface area contributed by atoms with E-state index in [1.54, 1.807) is 12.1 Å². The summed E-state index contributed by atoms with van der Waals surface area (Å²) in [4.78, 5) is 3.37. The van der Waals surface area contributed by atoms with Gasteiger partial charge in [0.1, 0.15) is 6.54 Å². The van der Waals surface area contributed by atoms with Crippen LogP contribution in [0.2, 0.25) is 0 Å². The summed E-state index contributed by atoms with van der Waals surface area (Å²) in [5.74, 6) is 0. The van der Waals surface area contributed by atoms with Crippen molar-refractivity contribution in [3.8, 4) is 0 Å². The Kier molecular flexibility index (Phi) is 5.30. The van der Waals surface area contributed by atoms with E-state index < -0.39 is 12.7 Å². The van der Waals surface area contributed by atoms with E-state index in [-0.39, 0.29) is 13.2 Å². The van der Waals surface area contributed by atoms with Gasteiger partial charge in [0.2, 0.25) is 0 Å². The van der Waals surface area contributed by atoms with Gasteiger partial charge in [0, 0.05) is 19.6 Å². The minimum absolute atomic E-state index is 0.0318. The van der Waals surface area contributed by atoms with Crippen LogP contribution in [-0.2, 0) is 4.74 Å². The molecule has 1 heterocycles. The molecule has 118 valence electrons. The van der Waals surface area contributed by atoms with Crippen molar-refractivity contribution >= 4 is 11.4 Å². The van der Waals surface area contributed by atoms with Crippen LogP contribution >= 0.6 is 0 Å². The van der Waals surface area contributed by atoms with E-state index in [0.29, 0.717) is 31.9 Å². The SMILES string of the molecule is OCCOCCN1CCN(CC(F)(F)F)c2ccccc21. The van der Waals surface area contributed by atoms with Crippen LogP contribution in [-0.4, -0.2) is 57.3 Å². The maximum absolute atomic E-state index is 12.6. The number of aliphatic hydroxyl groups excluding tert-OH is 1. The Balaban J connectivity index is 2.05. The van der Waals surface area contributed by atoms with Crippen molar-refractivity contribution in [1.82, 2.24) is 0 Å². The van der Waals surface area contributed by atoms with Crippen LogP contribution in [0.15, 0.2) is 24.3 Å². The van der Waals surface area contributed by atoms with Crippen LogP contribution in [0, 0.1) is 0 Å². The molecule has 0 spiro atoms. The summed E-state index contributed by atoms with van der Waals surface area (Å²) in [7, 11) is 0. The van der Waals surface area contributed by atoms with Crippen LogP contribution in [0.1, 0.15) is 0 Å². The molecule has 21 heavy (non-hydrogen) atoms. The van der Waals surface area contributed by atoms with E-state index in [1.807, 2.05) is 17.0 Å². The van der Waals surface area contributed by atoms with Gasteiger partial charge in [0.05, 0.1) is 31.2 Å². The maximum Gasteiger partial charge on any atom is 0.405 e. The molecule has 0 bridgehead atoms. The Morgan fingerprint density at radius 1 is 1.05 bits per heavy atom. The molecule has 0 unspecified atom stereocenters. The van der Waals surface area contributed by atoms with E-state index in [1.165, 1.54) is 4.90 Å². The lowest BCUT2D eigenvalue weighted by molar-refractivity contribution is -0.119. The highest BCUT2D eigenvalue weighted by molar-refractivity contribution is 5.73. The smallest absolute Gasteiger partial charge is 0.394 e. The summed E-state index contributed by atoms with van der Waals surface area (Å²) in [6.45, 7) is 1.20. The van der Waals surface area contributed by atoms with Crippen LogP contribution in [0.4, 0.5) is 24.5 Å². The molecular formula is C14H19F3N2O2. The summed E-state index contributed by atoms with van der Waals surface area (Å²) >= 11 is 0. The number of anilines is 2. The van der Waals surface area contributed by atoms with Crippen molar-refractivity contribution in [1.29, 1.82) is 0 Å². The second kappa shape index (κ2) is 7.00. The quantitative estimate of drug-likeness (QED) is 0.814. The van der Waals surface area contributed by atoms with Crippen molar-refractivity contribution in [3.63, 3.8) is 0 Å². The second-order valence-electron chi connectivity index (χ2n) is 4.85. The zero-order valence-electron chi connectivity index (χ0n) is 11.6. The van der Waals surface area contributed by atoms with Gasteiger partial charge in [0.15, 0.2) is 0 Å². The topological polar surface area (TPSA) is 35.9 Å². The number of hydrogen-bond donors (Lipinski definition) is 1. The molecule has 1 aliphatic rings. The lowest BCUT2D eigenvalue weighted by Crippen LogP contribution is -2.45. The van der Waals surface area contributed by atoms with Crippen LogP contribution in [0.25, 0.3) is 0 Å². The van der Waals surface area contributed by atoms with E-state index in [0.717, 1.165) is 5.69 Å². The van der Waals surface area contributed by atoms with Gasteiger partial charge in [-0.1, -0.05) is 12.1 Å². The minimum Gasteiger partial charge on any atom is -0.394 e. The van der Waals surface area contributed by atoms with Crippen molar-refractivity contribution in [2.75, 3.05) is 55.8 Å². The number of ether oxygens (including phenoxy) is 1. The number of halogens is 3. The molecule has 1 aromatic rings. The van der Waals surface area contributed by atoms with Crippen molar-refractivity contribution in [3.05, 3.63) is 24.3 Å². The van der Waals surface area contributed by atoms with Crippen LogP contribution in [0.3, 0.4) is 0 Å². The van der Waals surface area contributed by atoms with Gasteiger partial charge in [0.25, 0.3) is 0 Å². The second-order valence-corrected chi connectivity index (χ2v) is 4.85. The largest absolute Gasteiger partial charge is 0.405 e. The Bertz CT molecular complexity index is 454. The van der Waals surface area contributed by atoms with Gasteiger partial charge in [-0.3, -0.25) is 0 Å². The molecular weight excluding hydrogens is 285 g/mol. The molecule has 7 heteroatoms. The number of para-hydroxylation sites is 2. The molecule has 0 atom stereocenters. The predicted octanol–water partition coefficient (Wildman–Crippen LogP) is 1.88. The van der Waals surface area contributed by atoms with Crippen molar-refractivity contribution in [2.45, 2.75) is 6.18 Å². The summed E-state index contributed by atoms with van der Waals surface area (Å²) in [6, 6.07) is 7.09. The lowest BCUT2D eigenvalue weighted by atomic mass is 10.1. The third kappa shape index (κ3) is 4.50. The van der Waals surface area contributed by atoms with Gasteiger partial charge < -0.3 is 19.6 Å². The fourth-order valence-electron chi connectivity index (χ4n) is 2.44. The van der Waals surface area contributed by atoms with Crippen LogP contribution < -0.4 is 9.80 Å². The number of fused-ring (bicyclic) bond motifs is 1. The Morgan fingerprint density at radius 3 is 2.29 bits per heavy atom. The maximum atomic E-state index is 12.6. The van der Waals surface area contributed by atoms with Gasteiger partial charge in [-0.15, -0.1) is 0 Å². The molecule has 4 nitrogen and oxygen atoms in total. The fourth-order valence-corrected chi connectivity index (χ4v) is 2.44. The van der Waals surface area contributed by atoms with Crippen molar-refractivity contribution < 1.29 is 23.0 Å². The molecule has 0 amide bonds. The van der Waals surface area contributed by atoms with Gasteiger partial charge in [-0.05, 0) is 12.1 Å². The molecule has 1 aromatic carbocycles. The fraction of sp³-hybridized carbons (Fsp3) is 0.571. The van der Waals surface area contributed by atoms with Crippen molar-refractivity contribution in [2.24, 2.45) is 0 Å². The normalized spacial score (nSPS) is 15.2. The highest BCUT2D eigenvalue weighted by Crippen LogP contribution is 2.34. The van der Waals surface area contributed by atoms with E-state index in [9.17, 15) is 13.2 Å². The number of benzene rings is 1. The zero-order chi connectivity index (χ0) is 15.3. The molecule has 2 rings (SSSR count). The monoisotopic (exact) mass is 304 g/mol. The number of rotatable bonds is 6. The molecule has 1 N–H and O–H groups in total. The van der Waals surface area contributed by atoms with Gasteiger partial charge in [-0.2, -0.15) is 13.2 Å². The Hall–Kier alpha value is -1.47. The van der Waals surface area contributed by atoms with E-state index in [4.69, 9.17) is 9.84 Å². The number of alkyl halides is 3. The first-order valence-corrected chi connectivity index (χ1v) is 6.85. The third-order valence-corrected chi connectivity index (χ3v) is 3.31. The predicted molar refractivity (Wildman–Crippen MR) is 74.8 cm³/mol. The Labute approximate surface area is 121 Å². The molecule has 0 saturated carbocycles. The van der Waals surface area contributed by atoms with Gasteiger partial charge >= 0.3 is 6.18 Å². The standard InChI is InChI=1S/C14H19F3N2O2/c15-14(16,17)11-19-6-5-18(7-9-21-10-8-20)12-3-1-2-4-13(12)19/h1-4,20H,5-11H2. The number of aliphatic hydroxyl groups is 1. The highest BCUT2D eigenvalue weighted by atomic mass is 19.4. The van der Waals surface area contributed by atoms with Gasteiger partial charge in [-0.25, -0.2) is 0 Å². The highest BCUT2D eigenvalue weighted by Gasteiger charge is 2.33. The van der Waals surface area contributed by atoms with Crippen LogP contribution in [0.5, 0.6) is 0 Å². The Morgan fingerprint density at radius 2 is 1.67 bits per heavy atom. The molecule has 0 saturated heterocycles. The minimum atomic E-state index is -4.21. The number of nitrogens with zero attached hydrogens (tertiary/aromatic N) is 2. The third-order valence-electron chi connectivity index (χ3n) is 3.31. The van der Waals surface area contributed by atoms with E-state index >= 15 is 0 Å². The molecule has 1 aliphatic heterocycles. The molecule has 0 fully saturated rings. The lowest BCUT2D eigenvalue weighted by Gasteiger charge is -2.39. The first-order valence-electron chi connectivity index (χ1n) is 6.85. The average molecular weight is 304 g/mol. The summed E-state index contributed by atoms with van der Waals surface area (Å²) < 4.78 is 43.1. The summed E-state index contributed by atoms with van der Waals surface area (Å²) in [5.41, 5.74) is 1.39. The first-order chi connectivity index (χ1) is 10.0. The van der Waals surface area contributed by atoms with E-state index in [2.05, 4.69) is 0 Å². The molecule has 0 radical (unpaired) electrons. The summed E-state index contributed by atoms with van der Waals surface area (Å²) in [6.07, 6.45) is -4.21. The molecule has 0 aromatic heterocycles. The first kappa shape index (κ1) is 15.9. The number of hydrogen-bond acceptors (Lipinski definition) is 4.